The highest BCUT2D eigenvalue weighted by Gasteiger charge is 2.19. The zero-order valence-electron chi connectivity index (χ0n) is 16.1. The van der Waals surface area contributed by atoms with Gasteiger partial charge in [0.1, 0.15) is 5.75 Å². The summed E-state index contributed by atoms with van der Waals surface area (Å²) < 4.78 is 10.4. The second-order valence-corrected chi connectivity index (χ2v) is 6.90. The molecular formula is C21H24N2O5. The molecule has 7 heteroatoms. The van der Waals surface area contributed by atoms with Crippen molar-refractivity contribution >= 4 is 11.6 Å². The van der Waals surface area contributed by atoms with Gasteiger partial charge in [-0.2, -0.15) is 0 Å². The molecule has 0 aliphatic heterocycles. The number of benzene rings is 2. The molecule has 1 aliphatic carbocycles. The summed E-state index contributed by atoms with van der Waals surface area (Å²) in [6.07, 6.45) is 4.62. The first-order valence-electron chi connectivity index (χ1n) is 9.34. The number of nitrogens with zero attached hydrogens (tertiary/aromatic N) is 1. The van der Waals surface area contributed by atoms with Crippen LogP contribution in [0.15, 0.2) is 36.4 Å². The number of ether oxygens (including phenoxy) is 2. The minimum atomic E-state index is -0.564. The van der Waals surface area contributed by atoms with Crippen LogP contribution in [0.2, 0.25) is 0 Å². The Bertz CT molecular complexity index is 881. The Balaban J connectivity index is 1.61. The standard InChI is InChI=1S/C21H24N2O5/c1-14(16-8-7-15-5-3-4-6-17(15)11-16)22-21(24)13-28-20-10-9-18(27-2)12-19(20)23(25)26/h7-12,14H,3-6,13H2,1-2H3,(H,22,24)/t14-/m0/s1. The number of hydrogen-bond acceptors (Lipinski definition) is 5. The van der Waals surface area contributed by atoms with Gasteiger partial charge in [-0.3, -0.25) is 14.9 Å². The van der Waals surface area contributed by atoms with Crippen LogP contribution in [0.25, 0.3) is 0 Å². The van der Waals surface area contributed by atoms with Gasteiger partial charge in [0.15, 0.2) is 12.4 Å². The predicted octanol–water partition coefficient (Wildman–Crippen LogP) is 3.74. The molecular weight excluding hydrogens is 360 g/mol. The van der Waals surface area contributed by atoms with Crippen molar-refractivity contribution in [1.82, 2.24) is 5.32 Å². The van der Waals surface area contributed by atoms with E-state index in [0.29, 0.717) is 5.75 Å². The van der Waals surface area contributed by atoms with Crippen LogP contribution in [-0.2, 0) is 17.6 Å². The summed E-state index contributed by atoms with van der Waals surface area (Å²) in [7, 11) is 1.43. The van der Waals surface area contributed by atoms with Crippen LogP contribution in [-0.4, -0.2) is 24.5 Å². The maximum atomic E-state index is 12.3. The van der Waals surface area contributed by atoms with E-state index in [-0.39, 0.29) is 30.0 Å². The van der Waals surface area contributed by atoms with Crippen LogP contribution < -0.4 is 14.8 Å². The molecule has 0 saturated carbocycles. The number of nitro groups is 1. The molecule has 0 spiro atoms. The summed E-state index contributed by atoms with van der Waals surface area (Å²) in [5.74, 6) is 0.0438. The Labute approximate surface area is 163 Å². The second-order valence-electron chi connectivity index (χ2n) is 6.90. The minimum absolute atomic E-state index is 0.0300. The van der Waals surface area contributed by atoms with E-state index in [0.717, 1.165) is 18.4 Å². The summed E-state index contributed by atoms with van der Waals surface area (Å²) in [5, 5.41) is 14.1. The lowest BCUT2D eigenvalue weighted by molar-refractivity contribution is -0.385. The number of carbonyl (C=O) groups excluding carboxylic acids is 1. The van der Waals surface area contributed by atoms with Crippen molar-refractivity contribution in [2.45, 2.75) is 38.6 Å². The molecule has 2 aromatic carbocycles. The molecule has 148 valence electrons. The third kappa shape index (κ3) is 4.60. The average Bonchev–Trinajstić information content (AvgIpc) is 2.71. The molecule has 0 saturated heterocycles. The van der Waals surface area contributed by atoms with Crippen LogP contribution in [0.3, 0.4) is 0 Å². The fourth-order valence-electron chi connectivity index (χ4n) is 3.42. The first kappa shape index (κ1) is 19.7. The minimum Gasteiger partial charge on any atom is -0.496 e. The number of fused-ring (bicyclic) bond motifs is 1. The normalized spacial score (nSPS) is 13.9. The van der Waals surface area contributed by atoms with Gasteiger partial charge >= 0.3 is 5.69 Å². The highest BCUT2D eigenvalue weighted by Crippen LogP contribution is 2.31. The predicted molar refractivity (Wildman–Crippen MR) is 105 cm³/mol. The van der Waals surface area contributed by atoms with E-state index in [1.54, 1.807) is 6.07 Å². The summed E-state index contributed by atoms with van der Waals surface area (Å²) in [4.78, 5) is 22.9. The zero-order chi connectivity index (χ0) is 20.1. The van der Waals surface area contributed by atoms with Gasteiger partial charge in [0, 0.05) is 0 Å². The number of carbonyl (C=O) groups is 1. The highest BCUT2D eigenvalue weighted by molar-refractivity contribution is 5.78. The Morgan fingerprint density at radius 2 is 1.93 bits per heavy atom. The van der Waals surface area contributed by atoms with Gasteiger partial charge in [-0.05, 0) is 61.4 Å². The van der Waals surface area contributed by atoms with Crippen molar-refractivity contribution in [3.63, 3.8) is 0 Å². The molecule has 3 rings (SSSR count). The molecule has 0 heterocycles. The van der Waals surface area contributed by atoms with Crippen molar-refractivity contribution in [3.8, 4) is 11.5 Å². The van der Waals surface area contributed by atoms with Gasteiger partial charge in [0.05, 0.1) is 24.1 Å². The maximum absolute atomic E-state index is 12.3. The lowest BCUT2D eigenvalue weighted by Crippen LogP contribution is -2.31. The molecule has 0 unspecified atom stereocenters. The summed E-state index contributed by atoms with van der Waals surface area (Å²) in [5.41, 5.74) is 3.55. The number of rotatable bonds is 7. The highest BCUT2D eigenvalue weighted by atomic mass is 16.6. The molecule has 1 N–H and O–H groups in total. The van der Waals surface area contributed by atoms with Gasteiger partial charge in [-0.1, -0.05) is 18.2 Å². The smallest absolute Gasteiger partial charge is 0.314 e. The van der Waals surface area contributed by atoms with E-state index in [1.807, 2.05) is 13.0 Å². The van der Waals surface area contributed by atoms with E-state index < -0.39 is 4.92 Å². The topological polar surface area (TPSA) is 90.7 Å². The first-order valence-corrected chi connectivity index (χ1v) is 9.34. The Morgan fingerprint density at radius 3 is 2.64 bits per heavy atom. The summed E-state index contributed by atoms with van der Waals surface area (Å²) >= 11 is 0. The number of aryl methyl sites for hydroxylation is 2. The van der Waals surface area contributed by atoms with Crippen LogP contribution in [0.1, 0.15) is 42.5 Å². The fraction of sp³-hybridized carbons (Fsp3) is 0.381. The number of hydrogen-bond donors (Lipinski definition) is 1. The van der Waals surface area contributed by atoms with Crippen molar-refractivity contribution in [2.75, 3.05) is 13.7 Å². The van der Waals surface area contributed by atoms with Crippen molar-refractivity contribution in [1.29, 1.82) is 0 Å². The van der Waals surface area contributed by atoms with Gasteiger partial charge in [0.25, 0.3) is 5.91 Å². The molecule has 1 aliphatic rings. The third-order valence-electron chi connectivity index (χ3n) is 4.97. The number of nitrogens with one attached hydrogen (secondary N) is 1. The number of methoxy groups -OCH3 is 1. The van der Waals surface area contributed by atoms with E-state index in [2.05, 4.69) is 17.4 Å². The number of amides is 1. The second kappa shape index (κ2) is 8.73. The SMILES string of the molecule is COc1ccc(OCC(=O)N[C@@H](C)c2ccc3c(c2)CCCC3)c([N+](=O)[O-])c1. The van der Waals surface area contributed by atoms with Crippen LogP contribution >= 0.6 is 0 Å². The van der Waals surface area contributed by atoms with Gasteiger partial charge in [0.2, 0.25) is 0 Å². The van der Waals surface area contributed by atoms with Gasteiger partial charge in [-0.25, -0.2) is 0 Å². The average molecular weight is 384 g/mol. The molecule has 28 heavy (non-hydrogen) atoms. The lowest BCUT2D eigenvalue weighted by atomic mass is 9.89. The van der Waals surface area contributed by atoms with Crippen molar-refractivity contribution < 1.29 is 19.2 Å². The molecule has 2 aromatic rings. The quantitative estimate of drug-likeness (QED) is 0.580. The first-order chi connectivity index (χ1) is 13.5. The lowest BCUT2D eigenvalue weighted by Gasteiger charge is -2.20. The molecule has 0 bridgehead atoms. The number of nitro benzene ring substituents is 1. The Hall–Kier alpha value is -3.09. The molecule has 1 atom stereocenters. The largest absolute Gasteiger partial charge is 0.496 e. The van der Waals surface area contributed by atoms with Crippen LogP contribution in [0, 0.1) is 10.1 Å². The molecule has 1 amide bonds. The van der Waals surface area contributed by atoms with Crippen molar-refractivity contribution in [2.24, 2.45) is 0 Å². The molecule has 0 radical (unpaired) electrons. The zero-order valence-corrected chi connectivity index (χ0v) is 16.1. The van der Waals surface area contributed by atoms with Crippen LogP contribution in [0.4, 0.5) is 5.69 Å². The monoisotopic (exact) mass is 384 g/mol. The molecule has 0 aromatic heterocycles. The summed E-state index contributed by atoms with van der Waals surface area (Å²) in [6.45, 7) is 1.61. The van der Waals surface area contributed by atoms with E-state index >= 15 is 0 Å². The molecule has 0 fully saturated rings. The molecule has 7 nitrogen and oxygen atoms in total. The Kier molecular flexibility index (Phi) is 6.13. The van der Waals surface area contributed by atoms with Crippen molar-refractivity contribution in [3.05, 3.63) is 63.2 Å². The van der Waals surface area contributed by atoms with E-state index in [9.17, 15) is 14.9 Å². The third-order valence-corrected chi connectivity index (χ3v) is 4.97. The van der Waals surface area contributed by atoms with Crippen LogP contribution in [0.5, 0.6) is 11.5 Å². The van der Waals surface area contributed by atoms with E-state index in [4.69, 9.17) is 9.47 Å². The fourth-order valence-corrected chi connectivity index (χ4v) is 3.42. The van der Waals surface area contributed by atoms with E-state index in [1.165, 1.54) is 43.2 Å². The Morgan fingerprint density at radius 1 is 1.18 bits per heavy atom. The van der Waals surface area contributed by atoms with Gasteiger partial charge < -0.3 is 14.8 Å². The summed E-state index contributed by atoms with van der Waals surface area (Å²) in [6, 6.07) is 10.4. The van der Waals surface area contributed by atoms with Gasteiger partial charge in [-0.15, -0.1) is 0 Å². The maximum Gasteiger partial charge on any atom is 0.314 e.